The number of carbonyl (C=O) groups excluding carboxylic acids is 2. The van der Waals surface area contributed by atoms with Gasteiger partial charge in [0.2, 0.25) is 11.8 Å². The van der Waals surface area contributed by atoms with Crippen LogP contribution in [0.2, 0.25) is 5.02 Å². The molecule has 1 rings (SSSR count). The summed E-state index contributed by atoms with van der Waals surface area (Å²) >= 11 is 5.23. The maximum absolute atomic E-state index is 11.9. The Kier molecular flexibility index (Phi) is 5.07. The summed E-state index contributed by atoms with van der Waals surface area (Å²) in [6.45, 7) is 0. The second-order valence-electron chi connectivity index (χ2n) is 3.34. The van der Waals surface area contributed by atoms with Crippen LogP contribution in [-0.4, -0.2) is 23.1 Å². The van der Waals surface area contributed by atoms with Gasteiger partial charge in [0.1, 0.15) is 0 Å². The van der Waals surface area contributed by atoms with Crippen molar-refractivity contribution in [2.45, 2.75) is 5.51 Å². The van der Waals surface area contributed by atoms with Crippen LogP contribution < -0.4 is 11.1 Å². The Morgan fingerprint density at radius 3 is 2.53 bits per heavy atom. The van der Waals surface area contributed by atoms with Crippen molar-refractivity contribution < 1.29 is 22.8 Å². The van der Waals surface area contributed by atoms with E-state index in [4.69, 9.17) is 17.3 Å². The van der Waals surface area contributed by atoms with Crippen molar-refractivity contribution in [3.8, 4) is 0 Å². The molecule has 0 aliphatic carbocycles. The topological polar surface area (TPSA) is 72.2 Å². The van der Waals surface area contributed by atoms with Crippen molar-refractivity contribution in [3.63, 3.8) is 0 Å². The largest absolute Gasteiger partial charge is 0.442 e. The normalized spacial score (nSPS) is 11.2. The fourth-order valence-electron chi connectivity index (χ4n) is 1.14. The van der Waals surface area contributed by atoms with E-state index < -0.39 is 34.8 Å². The first-order chi connectivity index (χ1) is 8.69. The average molecular weight is 313 g/mol. The molecule has 9 heteroatoms. The van der Waals surface area contributed by atoms with Gasteiger partial charge in [-0.15, -0.1) is 0 Å². The fourth-order valence-corrected chi connectivity index (χ4v) is 1.71. The van der Waals surface area contributed by atoms with Gasteiger partial charge in [0.25, 0.3) is 0 Å². The van der Waals surface area contributed by atoms with Gasteiger partial charge in [0.15, 0.2) is 0 Å². The molecule has 1 aromatic carbocycles. The molecule has 0 spiro atoms. The van der Waals surface area contributed by atoms with Crippen LogP contribution >= 0.6 is 23.4 Å². The van der Waals surface area contributed by atoms with Crippen molar-refractivity contribution in [2.24, 2.45) is 5.73 Å². The third-order valence-electron chi connectivity index (χ3n) is 1.88. The van der Waals surface area contributed by atoms with Gasteiger partial charge in [-0.3, -0.25) is 9.59 Å². The lowest BCUT2D eigenvalue weighted by molar-refractivity contribution is -0.114. The number of benzene rings is 1. The Balaban J connectivity index is 2.70. The predicted octanol–water partition coefficient (Wildman–Crippen LogP) is 2.63. The van der Waals surface area contributed by atoms with Gasteiger partial charge in [0.05, 0.1) is 16.3 Å². The third kappa shape index (κ3) is 5.39. The number of thioether (sulfide) groups is 1. The number of hydrogen-bond acceptors (Lipinski definition) is 3. The summed E-state index contributed by atoms with van der Waals surface area (Å²) in [6.07, 6.45) is 0. The number of hydrogen-bond donors (Lipinski definition) is 2. The number of nitrogens with two attached hydrogens (primary N) is 1. The number of nitrogens with one attached hydrogen (secondary N) is 1. The Morgan fingerprint density at radius 2 is 2.00 bits per heavy atom. The van der Waals surface area contributed by atoms with Crippen molar-refractivity contribution in [3.05, 3.63) is 28.8 Å². The minimum atomic E-state index is -4.48. The number of anilines is 1. The van der Waals surface area contributed by atoms with Crippen LogP contribution in [0.1, 0.15) is 10.4 Å². The van der Waals surface area contributed by atoms with Crippen molar-refractivity contribution in [1.82, 2.24) is 0 Å². The molecule has 0 atom stereocenters. The molecule has 104 valence electrons. The van der Waals surface area contributed by atoms with E-state index in [1.54, 1.807) is 0 Å². The summed E-state index contributed by atoms with van der Waals surface area (Å²) in [5, 5.41) is 2.30. The van der Waals surface area contributed by atoms with E-state index in [9.17, 15) is 22.8 Å². The van der Waals surface area contributed by atoms with E-state index in [1.165, 1.54) is 18.2 Å². The van der Waals surface area contributed by atoms with Crippen LogP contribution in [0, 0.1) is 0 Å². The van der Waals surface area contributed by atoms with Crippen LogP contribution in [0.15, 0.2) is 18.2 Å². The lowest BCUT2D eigenvalue weighted by Gasteiger charge is -2.08. The molecule has 0 aliphatic rings. The van der Waals surface area contributed by atoms with Crippen molar-refractivity contribution in [2.75, 3.05) is 11.1 Å². The molecule has 0 heterocycles. The minimum absolute atomic E-state index is 0.0251. The molecule has 0 saturated carbocycles. The quantitative estimate of drug-likeness (QED) is 0.897. The molecular weight excluding hydrogens is 305 g/mol. The highest BCUT2D eigenvalue weighted by atomic mass is 35.5. The number of rotatable bonds is 4. The number of primary amides is 1. The van der Waals surface area contributed by atoms with E-state index in [2.05, 4.69) is 5.32 Å². The summed E-state index contributed by atoms with van der Waals surface area (Å²) in [5.74, 6) is -2.43. The third-order valence-corrected chi connectivity index (χ3v) is 2.95. The second kappa shape index (κ2) is 6.16. The SMILES string of the molecule is NC(=O)c1cc(NC(=O)CSC(F)(F)F)ccc1Cl. The number of carbonyl (C=O) groups is 2. The maximum atomic E-state index is 11.9. The van der Waals surface area contributed by atoms with Crippen LogP contribution in [0.4, 0.5) is 18.9 Å². The van der Waals surface area contributed by atoms with Gasteiger partial charge >= 0.3 is 5.51 Å². The minimum Gasteiger partial charge on any atom is -0.366 e. The van der Waals surface area contributed by atoms with Crippen LogP contribution in [0.5, 0.6) is 0 Å². The number of halogens is 4. The molecule has 0 aliphatic heterocycles. The predicted molar refractivity (Wildman–Crippen MR) is 67.1 cm³/mol. The molecule has 0 fully saturated rings. The van der Waals surface area contributed by atoms with Crippen molar-refractivity contribution >= 4 is 40.9 Å². The Bertz CT molecular complexity index is 508. The van der Waals surface area contributed by atoms with Gasteiger partial charge in [-0.25, -0.2) is 0 Å². The molecule has 2 amide bonds. The molecular formula is C10H8ClF3N2O2S. The Labute approximate surface area is 115 Å². The highest BCUT2D eigenvalue weighted by Crippen LogP contribution is 2.30. The molecule has 19 heavy (non-hydrogen) atoms. The van der Waals surface area contributed by atoms with Gasteiger partial charge in [-0.1, -0.05) is 11.6 Å². The molecule has 1 aromatic rings. The average Bonchev–Trinajstić information content (AvgIpc) is 2.28. The zero-order valence-corrected chi connectivity index (χ0v) is 10.8. The monoisotopic (exact) mass is 312 g/mol. The lowest BCUT2D eigenvalue weighted by Crippen LogP contribution is -2.18. The molecule has 4 nitrogen and oxygen atoms in total. The van der Waals surface area contributed by atoms with Crippen LogP contribution in [0.25, 0.3) is 0 Å². The number of alkyl halides is 3. The Hall–Kier alpha value is -1.41. The molecule has 3 N–H and O–H groups in total. The maximum Gasteiger partial charge on any atom is 0.442 e. The van der Waals surface area contributed by atoms with E-state index in [0.29, 0.717) is 0 Å². The second-order valence-corrected chi connectivity index (χ2v) is 4.79. The molecule has 0 unspecified atom stereocenters. The first kappa shape index (κ1) is 15.6. The van der Waals surface area contributed by atoms with Crippen LogP contribution in [0.3, 0.4) is 0 Å². The van der Waals surface area contributed by atoms with Gasteiger partial charge < -0.3 is 11.1 Å². The van der Waals surface area contributed by atoms with E-state index in [1.807, 2.05) is 0 Å². The zero-order chi connectivity index (χ0) is 14.6. The van der Waals surface area contributed by atoms with E-state index in [-0.39, 0.29) is 16.3 Å². The number of amides is 2. The molecule has 0 radical (unpaired) electrons. The van der Waals surface area contributed by atoms with E-state index in [0.717, 1.165) is 0 Å². The fraction of sp³-hybridized carbons (Fsp3) is 0.200. The first-order valence-corrected chi connectivity index (χ1v) is 6.15. The lowest BCUT2D eigenvalue weighted by atomic mass is 10.2. The van der Waals surface area contributed by atoms with Crippen molar-refractivity contribution in [1.29, 1.82) is 0 Å². The van der Waals surface area contributed by atoms with Gasteiger partial charge in [-0.2, -0.15) is 13.2 Å². The first-order valence-electron chi connectivity index (χ1n) is 4.79. The standard InChI is InChI=1S/C10H8ClF3N2O2S/c11-7-2-1-5(3-6(7)9(15)18)16-8(17)4-19-10(12,13)14/h1-3H,4H2,(H2,15,18)(H,16,17). The highest BCUT2D eigenvalue weighted by molar-refractivity contribution is 8.00. The summed E-state index contributed by atoms with van der Waals surface area (Å²) in [4.78, 5) is 22.2. The molecule has 0 aromatic heterocycles. The van der Waals surface area contributed by atoms with Crippen LogP contribution in [-0.2, 0) is 4.79 Å². The smallest absolute Gasteiger partial charge is 0.366 e. The Morgan fingerprint density at radius 1 is 1.37 bits per heavy atom. The summed E-state index contributed by atoms with van der Waals surface area (Å²) < 4.78 is 35.6. The summed E-state index contributed by atoms with van der Waals surface area (Å²) in [5.41, 5.74) is 0.684. The summed E-state index contributed by atoms with van der Waals surface area (Å²) in [7, 11) is 0. The van der Waals surface area contributed by atoms with Gasteiger partial charge in [0, 0.05) is 5.69 Å². The highest BCUT2D eigenvalue weighted by Gasteiger charge is 2.29. The van der Waals surface area contributed by atoms with Gasteiger partial charge in [-0.05, 0) is 30.0 Å². The summed E-state index contributed by atoms with van der Waals surface area (Å²) in [6, 6.07) is 3.86. The van der Waals surface area contributed by atoms with E-state index >= 15 is 0 Å². The molecule has 0 saturated heterocycles. The molecule has 0 bridgehead atoms. The zero-order valence-electron chi connectivity index (χ0n) is 9.25.